The van der Waals surface area contributed by atoms with Gasteiger partial charge in [-0.3, -0.25) is 0 Å². The van der Waals surface area contributed by atoms with Crippen LogP contribution in [0, 0.1) is 5.82 Å². The van der Waals surface area contributed by atoms with E-state index in [1.165, 1.54) is 6.07 Å². The molecule has 3 nitrogen and oxygen atoms in total. The zero-order valence-electron chi connectivity index (χ0n) is 12.5. The molecule has 0 radical (unpaired) electrons. The molecule has 0 aliphatic carbocycles. The molecular weight excluding hydrogens is 269 g/mol. The molecule has 0 aromatic heterocycles. The van der Waals surface area contributed by atoms with Crippen molar-refractivity contribution >= 4 is 5.69 Å². The maximum atomic E-state index is 13.9. The minimum absolute atomic E-state index is 0.108. The minimum atomic E-state index is -0.202. The normalized spacial score (nSPS) is 11.8. The summed E-state index contributed by atoms with van der Waals surface area (Å²) in [7, 11) is 3.21. The molecule has 4 heteroatoms. The van der Waals surface area contributed by atoms with Gasteiger partial charge in [0.2, 0.25) is 0 Å². The van der Waals surface area contributed by atoms with Gasteiger partial charge in [-0.25, -0.2) is 4.39 Å². The van der Waals surface area contributed by atoms with Gasteiger partial charge in [0, 0.05) is 29.4 Å². The van der Waals surface area contributed by atoms with E-state index in [4.69, 9.17) is 9.47 Å². The molecule has 1 N–H and O–H groups in total. The van der Waals surface area contributed by atoms with E-state index in [-0.39, 0.29) is 11.9 Å². The van der Waals surface area contributed by atoms with Gasteiger partial charge in [-0.15, -0.1) is 0 Å². The van der Waals surface area contributed by atoms with Gasteiger partial charge in [0.1, 0.15) is 17.3 Å². The molecule has 0 spiro atoms. The van der Waals surface area contributed by atoms with Crippen LogP contribution in [-0.2, 0) is 0 Å². The molecular formula is C17H20FNO2. The second-order valence-corrected chi connectivity index (χ2v) is 4.73. The van der Waals surface area contributed by atoms with Crippen molar-refractivity contribution < 1.29 is 13.9 Å². The number of methoxy groups -OCH3 is 2. The Balaban J connectivity index is 2.28. The molecule has 21 heavy (non-hydrogen) atoms. The summed E-state index contributed by atoms with van der Waals surface area (Å²) in [6.45, 7) is 2.02. The van der Waals surface area contributed by atoms with Crippen molar-refractivity contribution in [2.45, 2.75) is 19.4 Å². The fraction of sp³-hybridized carbons (Fsp3) is 0.294. The Morgan fingerprint density at radius 2 is 1.67 bits per heavy atom. The van der Waals surface area contributed by atoms with E-state index in [9.17, 15) is 4.39 Å². The predicted molar refractivity (Wildman–Crippen MR) is 82.6 cm³/mol. The standard InChI is InChI=1S/C17H20FNO2/c1-4-17(15-7-5-6-8-16(15)18)19-12-9-13(20-2)11-14(10-12)21-3/h5-11,17,19H,4H2,1-3H3. The van der Waals surface area contributed by atoms with E-state index in [1.807, 2.05) is 25.1 Å². The molecule has 2 aromatic rings. The van der Waals surface area contributed by atoms with Crippen LogP contribution in [0.25, 0.3) is 0 Å². The van der Waals surface area contributed by atoms with Crippen LogP contribution in [0.15, 0.2) is 42.5 Å². The molecule has 0 heterocycles. The van der Waals surface area contributed by atoms with Crippen molar-refractivity contribution in [3.05, 3.63) is 53.8 Å². The van der Waals surface area contributed by atoms with Gasteiger partial charge in [0.05, 0.1) is 20.3 Å². The van der Waals surface area contributed by atoms with Crippen LogP contribution in [0.1, 0.15) is 24.9 Å². The first-order valence-electron chi connectivity index (χ1n) is 6.92. The smallest absolute Gasteiger partial charge is 0.128 e. The Morgan fingerprint density at radius 3 is 2.19 bits per heavy atom. The number of anilines is 1. The van der Waals surface area contributed by atoms with Crippen LogP contribution in [0.2, 0.25) is 0 Å². The lowest BCUT2D eigenvalue weighted by Crippen LogP contribution is -2.11. The lowest BCUT2D eigenvalue weighted by molar-refractivity contribution is 0.394. The largest absolute Gasteiger partial charge is 0.497 e. The molecule has 0 amide bonds. The minimum Gasteiger partial charge on any atom is -0.497 e. The summed E-state index contributed by atoms with van der Waals surface area (Å²) < 4.78 is 24.4. The molecule has 0 saturated heterocycles. The maximum absolute atomic E-state index is 13.9. The molecule has 2 aromatic carbocycles. The first-order chi connectivity index (χ1) is 10.2. The van der Waals surface area contributed by atoms with Crippen LogP contribution in [0.3, 0.4) is 0 Å². The van der Waals surface area contributed by atoms with Gasteiger partial charge in [0.25, 0.3) is 0 Å². The highest BCUT2D eigenvalue weighted by Crippen LogP contribution is 2.30. The number of benzene rings is 2. The predicted octanol–water partition coefficient (Wildman–Crippen LogP) is 4.41. The van der Waals surface area contributed by atoms with Crippen molar-refractivity contribution in [3.63, 3.8) is 0 Å². The highest BCUT2D eigenvalue weighted by molar-refractivity contribution is 5.55. The SMILES string of the molecule is CCC(Nc1cc(OC)cc(OC)c1)c1ccccc1F. The second kappa shape index (κ2) is 6.97. The van der Waals surface area contributed by atoms with Crippen LogP contribution in [-0.4, -0.2) is 14.2 Å². The van der Waals surface area contributed by atoms with Crippen molar-refractivity contribution in [2.24, 2.45) is 0 Å². The molecule has 0 saturated carbocycles. The third kappa shape index (κ3) is 3.66. The second-order valence-electron chi connectivity index (χ2n) is 4.73. The van der Waals surface area contributed by atoms with Crippen LogP contribution in [0.5, 0.6) is 11.5 Å². The fourth-order valence-corrected chi connectivity index (χ4v) is 2.25. The van der Waals surface area contributed by atoms with Crippen molar-refractivity contribution in [2.75, 3.05) is 19.5 Å². The van der Waals surface area contributed by atoms with Gasteiger partial charge >= 0.3 is 0 Å². The summed E-state index contributed by atoms with van der Waals surface area (Å²) in [5.74, 6) is 1.19. The van der Waals surface area contributed by atoms with Crippen molar-refractivity contribution in [1.82, 2.24) is 0 Å². The Bertz CT molecular complexity index is 579. The summed E-state index contributed by atoms with van der Waals surface area (Å²) >= 11 is 0. The first kappa shape index (κ1) is 15.2. The fourth-order valence-electron chi connectivity index (χ4n) is 2.25. The summed E-state index contributed by atoms with van der Waals surface area (Å²) in [6.07, 6.45) is 0.764. The van der Waals surface area contributed by atoms with Crippen molar-refractivity contribution in [1.29, 1.82) is 0 Å². The zero-order chi connectivity index (χ0) is 15.2. The number of hydrogen-bond donors (Lipinski definition) is 1. The van der Waals surface area contributed by atoms with Gasteiger partial charge in [-0.2, -0.15) is 0 Å². The first-order valence-corrected chi connectivity index (χ1v) is 6.92. The average Bonchev–Trinajstić information content (AvgIpc) is 2.53. The highest BCUT2D eigenvalue weighted by atomic mass is 19.1. The maximum Gasteiger partial charge on any atom is 0.128 e. The molecule has 0 fully saturated rings. The van der Waals surface area contributed by atoms with Crippen LogP contribution < -0.4 is 14.8 Å². The number of hydrogen-bond acceptors (Lipinski definition) is 3. The molecule has 112 valence electrons. The Kier molecular flexibility index (Phi) is 5.04. The monoisotopic (exact) mass is 289 g/mol. The number of nitrogens with one attached hydrogen (secondary N) is 1. The zero-order valence-corrected chi connectivity index (χ0v) is 12.5. The van der Waals surface area contributed by atoms with Crippen LogP contribution >= 0.6 is 0 Å². The molecule has 0 aliphatic heterocycles. The Morgan fingerprint density at radius 1 is 1.05 bits per heavy atom. The summed E-state index contributed by atoms with van der Waals surface area (Å²) in [4.78, 5) is 0. The number of rotatable bonds is 6. The van der Waals surface area contributed by atoms with Gasteiger partial charge < -0.3 is 14.8 Å². The lowest BCUT2D eigenvalue weighted by Gasteiger charge is -2.20. The van der Waals surface area contributed by atoms with E-state index in [1.54, 1.807) is 32.4 Å². The summed E-state index contributed by atoms with van der Waals surface area (Å²) in [5, 5.41) is 3.34. The molecule has 0 bridgehead atoms. The Hall–Kier alpha value is -2.23. The molecule has 0 aliphatic rings. The van der Waals surface area contributed by atoms with Crippen LogP contribution in [0.4, 0.5) is 10.1 Å². The van der Waals surface area contributed by atoms with E-state index in [0.717, 1.165) is 12.1 Å². The summed E-state index contributed by atoms with van der Waals surface area (Å²) in [6, 6.07) is 12.2. The molecule has 2 rings (SSSR count). The molecule has 1 unspecified atom stereocenters. The van der Waals surface area contributed by atoms with Gasteiger partial charge in [0.15, 0.2) is 0 Å². The van der Waals surface area contributed by atoms with Gasteiger partial charge in [-0.1, -0.05) is 25.1 Å². The Labute approximate surface area is 124 Å². The van der Waals surface area contributed by atoms with E-state index >= 15 is 0 Å². The quantitative estimate of drug-likeness (QED) is 0.854. The highest BCUT2D eigenvalue weighted by Gasteiger charge is 2.14. The lowest BCUT2D eigenvalue weighted by atomic mass is 10.0. The average molecular weight is 289 g/mol. The van der Waals surface area contributed by atoms with Gasteiger partial charge in [-0.05, 0) is 12.5 Å². The molecule has 1 atom stereocenters. The third-order valence-corrected chi connectivity index (χ3v) is 3.38. The van der Waals surface area contributed by atoms with Crippen molar-refractivity contribution in [3.8, 4) is 11.5 Å². The number of halogens is 1. The number of ether oxygens (including phenoxy) is 2. The third-order valence-electron chi connectivity index (χ3n) is 3.38. The van der Waals surface area contributed by atoms with E-state index in [0.29, 0.717) is 17.1 Å². The topological polar surface area (TPSA) is 30.5 Å². The van der Waals surface area contributed by atoms with E-state index < -0.39 is 0 Å². The summed E-state index contributed by atoms with van der Waals surface area (Å²) in [5.41, 5.74) is 1.49. The van der Waals surface area contributed by atoms with E-state index in [2.05, 4.69) is 5.32 Å².